The van der Waals surface area contributed by atoms with Gasteiger partial charge in [0.15, 0.2) is 0 Å². The van der Waals surface area contributed by atoms with Crippen LogP contribution in [0.2, 0.25) is 0 Å². The normalized spacial score (nSPS) is 19.5. The van der Waals surface area contributed by atoms with Crippen molar-refractivity contribution in [2.24, 2.45) is 0 Å². The molecule has 0 spiro atoms. The molecule has 0 radical (unpaired) electrons. The fourth-order valence-corrected chi connectivity index (χ4v) is 4.84. The van der Waals surface area contributed by atoms with Crippen molar-refractivity contribution < 1.29 is 8.42 Å². The van der Waals surface area contributed by atoms with Crippen LogP contribution in [0.25, 0.3) is 21.8 Å². The number of benzene rings is 1. The van der Waals surface area contributed by atoms with Gasteiger partial charge in [0.05, 0.1) is 4.90 Å². The zero-order valence-electron chi connectivity index (χ0n) is 13.2. The van der Waals surface area contributed by atoms with E-state index in [9.17, 15) is 13.2 Å². The lowest BCUT2D eigenvalue weighted by Gasteiger charge is -2.17. The number of pyridine rings is 1. The molecule has 24 heavy (non-hydrogen) atoms. The molecule has 3 N–H and O–H groups in total. The molecule has 0 aliphatic carbocycles. The monoisotopic (exact) mass is 346 g/mol. The number of hydrogen-bond acceptors (Lipinski definition) is 4. The van der Waals surface area contributed by atoms with Crippen LogP contribution in [0.4, 0.5) is 0 Å². The maximum atomic E-state index is 12.9. The molecule has 3 heterocycles. The lowest BCUT2D eigenvalue weighted by Crippen LogP contribution is -2.33. The molecule has 0 amide bonds. The predicted octanol–water partition coefficient (Wildman–Crippen LogP) is 0.992. The molecular formula is C16H18N4O3S. The number of nitrogens with zero attached hydrogens (tertiary/aromatic N) is 1. The molecule has 1 aliphatic heterocycles. The quantitative estimate of drug-likeness (QED) is 0.659. The number of fused-ring (bicyclic) bond motifs is 3. The zero-order chi connectivity index (χ0) is 16.9. The van der Waals surface area contributed by atoms with E-state index in [1.54, 1.807) is 30.5 Å². The molecule has 126 valence electrons. The minimum atomic E-state index is -3.54. The summed E-state index contributed by atoms with van der Waals surface area (Å²) in [5.41, 5.74) is 0.864. The highest BCUT2D eigenvalue weighted by Crippen LogP contribution is 2.27. The van der Waals surface area contributed by atoms with Gasteiger partial charge in [-0.05, 0) is 37.7 Å². The van der Waals surface area contributed by atoms with Gasteiger partial charge in [-0.2, -0.15) is 4.31 Å². The summed E-state index contributed by atoms with van der Waals surface area (Å²) in [6.07, 6.45) is 2.48. The van der Waals surface area contributed by atoms with Crippen molar-refractivity contribution in [3.05, 3.63) is 40.8 Å². The summed E-state index contributed by atoms with van der Waals surface area (Å²) < 4.78 is 27.3. The van der Waals surface area contributed by atoms with Crippen molar-refractivity contribution in [1.82, 2.24) is 19.6 Å². The first-order valence-corrected chi connectivity index (χ1v) is 9.25. The molecule has 3 aromatic rings. The van der Waals surface area contributed by atoms with Crippen LogP contribution in [0, 0.1) is 0 Å². The molecule has 1 aromatic carbocycles. The summed E-state index contributed by atoms with van der Waals surface area (Å²) >= 11 is 0. The molecule has 8 heteroatoms. The fraction of sp³-hybridized carbons (Fsp3) is 0.312. The van der Waals surface area contributed by atoms with Crippen LogP contribution >= 0.6 is 0 Å². The summed E-state index contributed by atoms with van der Waals surface area (Å²) in [6, 6.07) is 6.83. The van der Waals surface area contributed by atoms with Gasteiger partial charge in [0.1, 0.15) is 5.52 Å². The molecule has 4 rings (SSSR count). The van der Waals surface area contributed by atoms with Crippen LogP contribution in [0.5, 0.6) is 0 Å². The Morgan fingerprint density at radius 3 is 2.83 bits per heavy atom. The number of nitrogens with one attached hydrogen (secondary N) is 3. The number of likely N-dealkylation sites (N-methyl/N-ethyl adjacent to an activating group) is 1. The van der Waals surface area contributed by atoms with Crippen molar-refractivity contribution in [2.45, 2.75) is 17.4 Å². The second-order valence-electron chi connectivity index (χ2n) is 6.07. The SMILES string of the molecule is CNC1CCN(S(=O)(=O)c2ccc3[nH]c(=O)c4[nH]ccc4c3c2)C1. The van der Waals surface area contributed by atoms with Crippen LogP contribution in [0.1, 0.15) is 6.42 Å². The van der Waals surface area contributed by atoms with Gasteiger partial charge < -0.3 is 15.3 Å². The van der Waals surface area contributed by atoms with Gasteiger partial charge in [-0.3, -0.25) is 4.79 Å². The highest BCUT2D eigenvalue weighted by atomic mass is 32.2. The van der Waals surface area contributed by atoms with Crippen LogP contribution in [0.15, 0.2) is 40.2 Å². The summed E-state index contributed by atoms with van der Waals surface area (Å²) in [5, 5.41) is 4.57. The van der Waals surface area contributed by atoms with E-state index >= 15 is 0 Å². The maximum absolute atomic E-state index is 12.9. The van der Waals surface area contributed by atoms with Gasteiger partial charge in [-0.25, -0.2) is 8.42 Å². The number of sulfonamides is 1. The van der Waals surface area contributed by atoms with Crippen molar-refractivity contribution in [1.29, 1.82) is 0 Å². The topological polar surface area (TPSA) is 98.1 Å². The van der Waals surface area contributed by atoms with Gasteiger partial charge in [0, 0.05) is 41.6 Å². The Bertz CT molecular complexity index is 1080. The summed E-state index contributed by atoms with van der Waals surface area (Å²) in [5.74, 6) is 0. The van der Waals surface area contributed by atoms with Crippen molar-refractivity contribution in [2.75, 3.05) is 20.1 Å². The standard InChI is InChI=1S/C16H18N4O3S/c1-17-10-5-7-20(9-10)24(22,23)11-2-3-14-13(8-11)12-4-6-18-15(12)16(21)19-14/h2-4,6,8,10,17-18H,5,7,9H2,1H3,(H,19,21). The number of rotatable bonds is 3. The van der Waals surface area contributed by atoms with E-state index in [4.69, 9.17) is 0 Å². The van der Waals surface area contributed by atoms with E-state index in [1.807, 2.05) is 7.05 Å². The van der Waals surface area contributed by atoms with Gasteiger partial charge in [-0.15, -0.1) is 0 Å². The van der Waals surface area contributed by atoms with Gasteiger partial charge in [0.2, 0.25) is 10.0 Å². The smallest absolute Gasteiger partial charge is 0.272 e. The van der Waals surface area contributed by atoms with Gasteiger partial charge in [-0.1, -0.05) is 0 Å². The molecule has 0 saturated carbocycles. The van der Waals surface area contributed by atoms with Crippen LogP contribution in [-0.2, 0) is 10.0 Å². The first-order valence-electron chi connectivity index (χ1n) is 7.81. The molecule has 0 bridgehead atoms. The van der Waals surface area contributed by atoms with Crippen molar-refractivity contribution in [3.8, 4) is 0 Å². The molecule has 1 fully saturated rings. The Labute approximate surface area is 138 Å². The Hall–Kier alpha value is -2.16. The summed E-state index contributed by atoms with van der Waals surface area (Å²) in [4.78, 5) is 17.9. The Morgan fingerprint density at radius 1 is 1.25 bits per heavy atom. The highest BCUT2D eigenvalue weighted by molar-refractivity contribution is 7.89. The summed E-state index contributed by atoms with van der Waals surface area (Å²) in [6.45, 7) is 0.985. The molecule has 7 nitrogen and oxygen atoms in total. The molecule has 1 saturated heterocycles. The fourth-order valence-electron chi connectivity index (χ4n) is 3.31. The van der Waals surface area contributed by atoms with Crippen molar-refractivity contribution in [3.63, 3.8) is 0 Å². The minimum absolute atomic E-state index is 0.188. The Balaban J connectivity index is 1.86. The second-order valence-corrected chi connectivity index (χ2v) is 8.00. The average Bonchev–Trinajstić information content (AvgIpc) is 3.24. The average molecular weight is 346 g/mol. The first kappa shape index (κ1) is 15.4. The second kappa shape index (κ2) is 5.44. The lowest BCUT2D eigenvalue weighted by molar-refractivity contribution is 0.464. The first-order chi connectivity index (χ1) is 11.5. The number of hydrogen-bond donors (Lipinski definition) is 3. The Kier molecular flexibility index (Phi) is 3.48. The minimum Gasteiger partial charge on any atom is -0.357 e. The number of aromatic nitrogens is 2. The molecule has 1 atom stereocenters. The van der Waals surface area contributed by atoms with Crippen LogP contribution in [0.3, 0.4) is 0 Å². The molecular weight excluding hydrogens is 328 g/mol. The van der Waals surface area contributed by atoms with Gasteiger partial charge >= 0.3 is 0 Å². The largest absolute Gasteiger partial charge is 0.357 e. The third-order valence-corrected chi connectivity index (χ3v) is 6.56. The van der Waals surface area contributed by atoms with E-state index in [2.05, 4.69) is 15.3 Å². The van der Waals surface area contributed by atoms with E-state index in [-0.39, 0.29) is 16.5 Å². The van der Waals surface area contributed by atoms with E-state index in [1.165, 1.54) is 4.31 Å². The predicted molar refractivity (Wildman–Crippen MR) is 92.6 cm³/mol. The van der Waals surface area contributed by atoms with Crippen LogP contribution in [-0.4, -0.2) is 48.9 Å². The summed E-state index contributed by atoms with van der Waals surface area (Å²) in [7, 11) is -1.70. The third kappa shape index (κ3) is 2.26. The van der Waals surface area contributed by atoms with Gasteiger partial charge in [0.25, 0.3) is 5.56 Å². The van der Waals surface area contributed by atoms with Crippen molar-refractivity contribution >= 4 is 31.8 Å². The molecule has 1 unspecified atom stereocenters. The molecule has 1 aliphatic rings. The lowest BCUT2D eigenvalue weighted by atomic mass is 10.1. The van der Waals surface area contributed by atoms with Crippen LogP contribution < -0.4 is 10.9 Å². The third-order valence-electron chi connectivity index (χ3n) is 4.70. The number of aromatic amines is 2. The van der Waals surface area contributed by atoms with E-state index < -0.39 is 10.0 Å². The highest BCUT2D eigenvalue weighted by Gasteiger charge is 2.32. The molecule has 2 aromatic heterocycles. The number of H-pyrrole nitrogens is 2. The van der Waals surface area contributed by atoms with E-state index in [0.717, 1.165) is 17.2 Å². The maximum Gasteiger partial charge on any atom is 0.272 e. The zero-order valence-corrected chi connectivity index (χ0v) is 14.0. The Morgan fingerprint density at radius 2 is 2.08 bits per heavy atom. The van der Waals surface area contributed by atoms with E-state index in [0.29, 0.717) is 24.1 Å².